The largest absolute Gasteiger partial charge is 0.397 e. The third-order valence-electron chi connectivity index (χ3n) is 2.94. The number of anilines is 2. The summed E-state index contributed by atoms with van der Waals surface area (Å²) < 4.78 is 25.5. The first-order valence-corrected chi connectivity index (χ1v) is 7.55. The molecule has 0 bridgehead atoms. The molecule has 0 aliphatic carbocycles. The second-order valence-corrected chi connectivity index (χ2v) is 6.16. The molecular weight excluding hydrogens is 280 g/mol. The fourth-order valence-electron chi connectivity index (χ4n) is 1.68. The van der Waals surface area contributed by atoms with Gasteiger partial charge in [0.25, 0.3) is 0 Å². The molecule has 1 aromatic carbocycles. The van der Waals surface area contributed by atoms with Gasteiger partial charge < -0.3 is 16.0 Å². The van der Waals surface area contributed by atoms with E-state index in [9.17, 15) is 13.2 Å². The normalized spacial score (nSPS) is 11.2. The van der Waals surface area contributed by atoms with Crippen molar-refractivity contribution in [1.82, 2.24) is 10.0 Å². The average molecular weight is 300 g/mol. The molecule has 0 radical (unpaired) electrons. The second kappa shape index (κ2) is 6.58. The summed E-state index contributed by atoms with van der Waals surface area (Å²) in [4.78, 5) is 13.1. The molecule has 7 nitrogen and oxygen atoms in total. The molecule has 0 fully saturated rings. The quantitative estimate of drug-likeness (QED) is 0.628. The lowest BCUT2D eigenvalue weighted by molar-refractivity contribution is -0.120. The van der Waals surface area contributed by atoms with Crippen molar-refractivity contribution in [1.29, 1.82) is 0 Å². The molecule has 4 N–H and O–H groups in total. The van der Waals surface area contributed by atoms with Crippen LogP contribution in [0.4, 0.5) is 11.4 Å². The SMILES string of the molecule is CNC(=O)CCN(C)c1ccc(S(=O)(=O)NC)cc1N. The Labute approximate surface area is 119 Å². The standard InChI is InChI=1S/C12H20N4O3S/c1-14-12(17)6-7-16(3)11-5-4-9(8-10(11)13)20(18,19)15-2/h4-5,8,15H,6-7,13H2,1-3H3,(H,14,17). The van der Waals surface area contributed by atoms with Gasteiger partial charge in [0.15, 0.2) is 0 Å². The first kappa shape index (κ1) is 16.3. The number of hydrogen-bond acceptors (Lipinski definition) is 5. The number of nitrogens with two attached hydrogens (primary N) is 1. The number of benzene rings is 1. The molecule has 0 saturated carbocycles. The number of hydrogen-bond donors (Lipinski definition) is 3. The van der Waals surface area contributed by atoms with Gasteiger partial charge in [0.05, 0.1) is 16.3 Å². The number of carbonyl (C=O) groups excluding carboxylic acids is 1. The van der Waals surface area contributed by atoms with Crippen molar-refractivity contribution < 1.29 is 13.2 Å². The molecule has 0 spiro atoms. The lowest BCUT2D eigenvalue weighted by Gasteiger charge is -2.21. The Bertz CT molecular complexity index is 586. The minimum absolute atomic E-state index is 0.0650. The summed E-state index contributed by atoms with van der Waals surface area (Å²) in [6.07, 6.45) is 0.336. The molecule has 0 aliphatic rings. The van der Waals surface area contributed by atoms with Gasteiger partial charge in [-0.25, -0.2) is 13.1 Å². The summed E-state index contributed by atoms with van der Waals surface area (Å²) in [5.41, 5.74) is 6.91. The minimum Gasteiger partial charge on any atom is -0.397 e. The van der Waals surface area contributed by atoms with Crippen LogP contribution in [0, 0.1) is 0 Å². The summed E-state index contributed by atoms with van der Waals surface area (Å²) in [5, 5.41) is 2.54. The van der Waals surface area contributed by atoms with E-state index in [4.69, 9.17) is 5.73 Å². The Morgan fingerprint density at radius 1 is 1.35 bits per heavy atom. The van der Waals surface area contributed by atoms with E-state index >= 15 is 0 Å². The van der Waals surface area contributed by atoms with Crippen molar-refractivity contribution in [3.63, 3.8) is 0 Å². The van der Waals surface area contributed by atoms with E-state index in [2.05, 4.69) is 10.0 Å². The first-order chi connectivity index (χ1) is 9.31. The maximum Gasteiger partial charge on any atom is 0.240 e. The van der Waals surface area contributed by atoms with Crippen LogP contribution in [0.3, 0.4) is 0 Å². The lowest BCUT2D eigenvalue weighted by Crippen LogP contribution is -2.27. The van der Waals surface area contributed by atoms with Crippen molar-refractivity contribution in [2.24, 2.45) is 0 Å². The van der Waals surface area contributed by atoms with E-state index in [1.54, 1.807) is 25.1 Å². The van der Waals surface area contributed by atoms with Crippen LogP contribution < -0.4 is 20.7 Å². The Balaban J connectivity index is 2.91. The van der Waals surface area contributed by atoms with Gasteiger partial charge in [-0.2, -0.15) is 0 Å². The molecular formula is C12H20N4O3S. The van der Waals surface area contributed by atoms with Crippen molar-refractivity contribution in [3.05, 3.63) is 18.2 Å². The molecule has 0 aromatic heterocycles. The molecule has 112 valence electrons. The lowest BCUT2D eigenvalue weighted by atomic mass is 10.2. The van der Waals surface area contributed by atoms with E-state index in [0.717, 1.165) is 0 Å². The van der Waals surface area contributed by atoms with Gasteiger partial charge in [0, 0.05) is 27.1 Å². The summed E-state index contributed by atoms with van der Waals surface area (Å²) in [5.74, 6) is -0.0650. The van der Waals surface area contributed by atoms with Crippen LogP contribution in [0.1, 0.15) is 6.42 Å². The highest BCUT2D eigenvalue weighted by molar-refractivity contribution is 7.89. The molecule has 1 amide bonds. The Hall–Kier alpha value is -1.80. The average Bonchev–Trinajstić information content (AvgIpc) is 2.44. The number of nitrogen functional groups attached to an aromatic ring is 1. The first-order valence-electron chi connectivity index (χ1n) is 6.06. The van der Waals surface area contributed by atoms with Crippen molar-refractivity contribution in [2.45, 2.75) is 11.3 Å². The Morgan fingerprint density at radius 2 is 2.00 bits per heavy atom. The van der Waals surface area contributed by atoms with E-state index in [1.807, 2.05) is 0 Å². The van der Waals surface area contributed by atoms with E-state index in [-0.39, 0.29) is 10.8 Å². The molecule has 0 unspecified atom stereocenters. The highest BCUT2D eigenvalue weighted by atomic mass is 32.2. The molecule has 8 heteroatoms. The number of nitrogens with one attached hydrogen (secondary N) is 2. The summed E-state index contributed by atoms with van der Waals surface area (Å²) >= 11 is 0. The molecule has 0 heterocycles. The fourth-order valence-corrected chi connectivity index (χ4v) is 2.44. The topological polar surface area (TPSA) is 105 Å². The van der Waals surface area contributed by atoms with Gasteiger partial charge in [-0.05, 0) is 25.2 Å². The zero-order chi connectivity index (χ0) is 15.3. The number of sulfonamides is 1. The summed E-state index contributed by atoms with van der Waals surface area (Å²) in [7, 11) is 1.21. The maximum atomic E-state index is 11.7. The molecule has 0 atom stereocenters. The number of carbonyl (C=O) groups is 1. The number of rotatable bonds is 6. The molecule has 20 heavy (non-hydrogen) atoms. The zero-order valence-corrected chi connectivity index (χ0v) is 12.6. The van der Waals surface area contributed by atoms with E-state index in [0.29, 0.717) is 24.3 Å². The van der Waals surface area contributed by atoms with Crippen LogP contribution in [-0.4, -0.2) is 42.0 Å². The number of amides is 1. The third kappa shape index (κ3) is 3.84. The Morgan fingerprint density at radius 3 is 2.50 bits per heavy atom. The highest BCUT2D eigenvalue weighted by Crippen LogP contribution is 2.25. The molecule has 0 saturated heterocycles. The van der Waals surface area contributed by atoms with Gasteiger partial charge in [-0.15, -0.1) is 0 Å². The van der Waals surface area contributed by atoms with Gasteiger partial charge >= 0.3 is 0 Å². The van der Waals surface area contributed by atoms with E-state index < -0.39 is 10.0 Å². The highest BCUT2D eigenvalue weighted by Gasteiger charge is 2.14. The van der Waals surface area contributed by atoms with Crippen LogP contribution in [0.2, 0.25) is 0 Å². The summed E-state index contributed by atoms with van der Waals surface area (Å²) in [6, 6.07) is 4.51. The van der Waals surface area contributed by atoms with Crippen molar-refractivity contribution in [3.8, 4) is 0 Å². The van der Waals surface area contributed by atoms with Crippen LogP contribution >= 0.6 is 0 Å². The van der Waals surface area contributed by atoms with Gasteiger partial charge in [0.1, 0.15) is 0 Å². The predicted molar refractivity (Wildman–Crippen MR) is 79.1 cm³/mol. The van der Waals surface area contributed by atoms with Crippen LogP contribution in [0.15, 0.2) is 23.1 Å². The summed E-state index contributed by atoms with van der Waals surface area (Å²) in [6.45, 7) is 0.488. The smallest absolute Gasteiger partial charge is 0.240 e. The zero-order valence-electron chi connectivity index (χ0n) is 11.8. The Kier molecular flexibility index (Phi) is 5.34. The molecule has 0 aliphatic heterocycles. The third-order valence-corrected chi connectivity index (χ3v) is 4.35. The molecule has 1 aromatic rings. The van der Waals surface area contributed by atoms with Gasteiger partial charge in [0.2, 0.25) is 15.9 Å². The van der Waals surface area contributed by atoms with Gasteiger partial charge in [-0.3, -0.25) is 4.79 Å². The van der Waals surface area contributed by atoms with Crippen molar-refractivity contribution >= 4 is 27.3 Å². The van der Waals surface area contributed by atoms with E-state index in [1.165, 1.54) is 19.2 Å². The molecule has 1 rings (SSSR count). The van der Waals surface area contributed by atoms with Crippen LogP contribution in [0.5, 0.6) is 0 Å². The maximum absolute atomic E-state index is 11.7. The van der Waals surface area contributed by atoms with Crippen LogP contribution in [-0.2, 0) is 14.8 Å². The van der Waals surface area contributed by atoms with Crippen LogP contribution in [0.25, 0.3) is 0 Å². The van der Waals surface area contributed by atoms with Gasteiger partial charge in [-0.1, -0.05) is 0 Å². The second-order valence-electron chi connectivity index (χ2n) is 4.27. The fraction of sp³-hybridized carbons (Fsp3) is 0.417. The predicted octanol–water partition coefficient (Wildman–Crippen LogP) is -0.251. The minimum atomic E-state index is -3.51. The number of nitrogens with zero attached hydrogens (tertiary/aromatic N) is 1. The van der Waals surface area contributed by atoms with Crippen molar-refractivity contribution in [2.75, 3.05) is 38.3 Å². The monoisotopic (exact) mass is 300 g/mol.